The molecule has 128 valence electrons. The Labute approximate surface area is 138 Å². The number of likely N-dealkylation sites (tertiary alicyclic amines) is 2. The monoisotopic (exact) mass is 319 g/mol. The van der Waals surface area contributed by atoms with Crippen molar-refractivity contribution in [1.29, 1.82) is 0 Å². The summed E-state index contributed by atoms with van der Waals surface area (Å²) in [5, 5.41) is 3.06. The van der Waals surface area contributed by atoms with Crippen molar-refractivity contribution >= 4 is 5.91 Å². The van der Waals surface area contributed by atoms with Crippen molar-refractivity contribution in [3.63, 3.8) is 0 Å². The second-order valence-corrected chi connectivity index (χ2v) is 7.25. The average Bonchev–Trinajstić information content (AvgIpc) is 3.17. The van der Waals surface area contributed by atoms with Gasteiger partial charge in [0.05, 0.1) is 12.6 Å². The van der Waals surface area contributed by atoms with Crippen LogP contribution in [0.2, 0.25) is 0 Å². The topological polar surface area (TPSA) is 64.3 Å². The van der Waals surface area contributed by atoms with Crippen LogP contribution in [0.15, 0.2) is 12.4 Å². The molecule has 1 spiro atoms. The van der Waals surface area contributed by atoms with Crippen LogP contribution < -0.4 is 5.32 Å². The Morgan fingerprint density at radius 2 is 2.26 bits per heavy atom. The van der Waals surface area contributed by atoms with E-state index in [-0.39, 0.29) is 11.9 Å². The van der Waals surface area contributed by atoms with Gasteiger partial charge in [0, 0.05) is 18.9 Å². The minimum absolute atomic E-state index is 0.0216. The number of imidazole rings is 1. The van der Waals surface area contributed by atoms with E-state index in [1.54, 1.807) is 12.4 Å². The highest BCUT2D eigenvalue weighted by molar-refractivity contribution is 5.82. The molecular formula is C17H29N5O. The van der Waals surface area contributed by atoms with Gasteiger partial charge in [-0.1, -0.05) is 6.92 Å². The third kappa shape index (κ3) is 3.75. The van der Waals surface area contributed by atoms with Crippen LogP contribution in [0.5, 0.6) is 0 Å². The van der Waals surface area contributed by atoms with E-state index in [1.807, 2.05) is 0 Å². The first kappa shape index (κ1) is 16.5. The molecule has 1 aromatic rings. The number of amides is 1. The van der Waals surface area contributed by atoms with Crippen molar-refractivity contribution in [3.8, 4) is 0 Å². The molecule has 3 rings (SSSR count). The lowest BCUT2D eigenvalue weighted by Crippen LogP contribution is -2.43. The van der Waals surface area contributed by atoms with E-state index in [9.17, 15) is 4.79 Å². The van der Waals surface area contributed by atoms with Gasteiger partial charge in [0.1, 0.15) is 5.82 Å². The van der Waals surface area contributed by atoms with E-state index >= 15 is 0 Å². The van der Waals surface area contributed by atoms with Gasteiger partial charge >= 0.3 is 0 Å². The fourth-order valence-electron chi connectivity index (χ4n) is 4.06. The van der Waals surface area contributed by atoms with Gasteiger partial charge in [-0.3, -0.25) is 9.69 Å². The summed E-state index contributed by atoms with van der Waals surface area (Å²) in [5.74, 6) is 0.970. The standard InChI is InChI=1S/C17H29N5O/c1-3-8-22-13-17(4-9-21(2)10-5-17)11-14(22)16(23)20-12-15-18-6-7-19-15/h6-7,14H,3-5,8-13H2,1-2H3,(H,18,19)(H,20,23). The highest BCUT2D eigenvalue weighted by atomic mass is 16.2. The maximum absolute atomic E-state index is 12.7. The van der Waals surface area contributed by atoms with E-state index in [0.717, 1.165) is 44.8 Å². The van der Waals surface area contributed by atoms with Crippen molar-refractivity contribution < 1.29 is 4.79 Å². The Kier molecular flexibility index (Phi) is 5.02. The fourth-order valence-corrected chi connectivity index (χ4v) is 4.06. The van der Waals surface area contributed by atoms with E-state index in [4.69, 9.17) is 0 Å². The Balaban J connectivity index is 1.62. The molecule has 2 fully saturated rings. The lowest BCUT2D eigenvalue weighted by atomic mass is 9.76. The lowest BCUT2D eigenvalue weighted by molar-refractivity contribution is -0.125. The second-order valence-electron chi connectivity index (χ2n) is 7.25. The molecule has 1 unspecified atom stereocenters. The molecule has 6 nitrogen and oxygen atoms in total. The number of aromatic amines is 1. The van der Waals surface area contributed by atoms with Gasteiger partial charge in [-0.2, -0.15) is 0 Å². The smallest absolute Gasteiger partial charge is 0.237 e. The Morgan fingerprint density at radius 3 is 2.91 bits per heavy atom. The van der Waals surface area contributed by atoms with Crippen molar-refractivity contribution in [2.24, 2.45) is 5.41 Å². The number of hydrogen-bond acceptors (Lipinski definition) is 4. The molecule has 0 radical (unpaired) electrons. The van der Waals surface area contributed by atoms with Crippen LogP contribution in [0, 0.1) is 5.41 Å². The predicted octanol–water partition coefficient (Wildman–Crippen LogP) is 1.22. The SMILES string of the molecule is CCCN1CC2(CCN(C)CC2)CC1C(=O)NCc1ncc[nH]1. The molecule has 2 aliphatic rings. The first-order valence-corrected chi connectivity index (χ1v) is 8.80. The van der Waals surface area contributed by atoms with Crippen LogP contribution in [0.25, 0.3) is 0 Å². The summed E-state index contributed by atoms with van der Waals surface area (Å²) < 4.78 is 0. The van der Waals surface area contributed by atoms with Crippen LogP contribution in [-0.4, -0.2) is 64.9 Å². The van der Waals surface area contributed by atoms with E-state index in [2.05, 4.69) is 39.1 Å². The third-order valence-electron chi connectivity index (χ3n) is 5.45. The van der Waals surface area contributed by atoms with Gasteiger partial charge < -0.3 is 15.2 Å². The van der Waals surface area contributed by atoms with Crippen LogP contribution in [0.4, 0.5) is 0 Å². The number of hydrogen-bond donors (Lipinski definition) is 2. The lowest BCUT2D eigenvalue weighted by Gasteiger charge is -2.37. The zero-order valence-corrected chi connectivity index (χ0v) is 14.3. The minimum Gasteiger partial charge on any atom is -0.348 e. The number of nitrogens with zero attached hydrogens (tertiary/aromatic N) is 3. The van der Waals surface area contributed by atoms with Gasteiger partial charge in [-0.15, -0.1) is 0 Å². The van der Waals surface area contributed by atoms with Gasteiger partial charge in [0.25, 0.3) is 0 Å². The molecule has 23 heavy (non-hydrogen) atoms. The number of aromatic nitrogens is 2. The molecule has 0 saturated carbocycles. The van der Waals surface area contributed by atoms with Crippen LogP contribution in [0.3, 0.4) is 0 Å². The molecule has 1 aromatic heterocycles. The van der Waals surface area contributed by atoms with E-state index in [1.165, 1.54) is 12.8 Å². The molecule has 0 bridgehead atoms. The first-order chi connectivity index (χ1) is 11.1. The molecule has 2 aliphatic heterocycles. The summed E-state index contributed by atoms with van der Waals surface area (Å²) >= 11 is 0. The van der Waals surface area contributed by atoms with Gasteiger partial charge in [0.15, 0.2) is 0 Å². The Morgan fingerprint density at radius 1 is 1.48 bits per heavy atom. The normalized spacial score (nSPS) is 25.0. The largest absolute Gasteiger partial charge is 0.348 e. The molecule has 2 saturated heterocycles. The number of carbonyl (C=O) groups excluding carboxylic acids is 1. The summed E-state index contributed by atoms with van der Waals surface area (Å²) in [6, 6.07) is 0.0216. The summed E-state index contributed by atoms with van der Waals surface area (Å²) in [5.41, 5.74) is 0.342. The van der Waals surface area contributed by atoms with Crippen molar-refractivity contribution in [2.75, 3.05) is 33.2 Å². The summed E-state index contributed by atoms with van der Waals surface area (Å²) in [6.45, 7) is 7.07. The number of H-pyrrole nitrogens is 1. The highest BCUT2D eigenvalue weighted by Gasteiger charge is 2.47. The Hall–Kier alpha value is -1.40. The number of carbonyl (C=O) groups is 1. The van der Waals surface area contributed by atoms with E-state index in [0.29, 0.717) is 12.0 Å². The molecular weight excluding hydrogens is 290 g/mol. The molecule has 3 heterocycles. The maximum atomic E-state index is 12.7. The number of nitrogens with one attached hydrogen (secondary N) is 2. The quantitative estimate of drug-likeness (QED) is 0.856. The minimum atomic E-state index is 0.0216. The molecule has 2 N–H and O–H groups in total. The highest BCUT2D eigenvalue weighted by Crippen LogP contribution is 2.43. The number of rotatable bonds is 5. The zero-order chi connectivity index (χ0) is 16.3. The second kappa shape index (κ2) is 7.01. The Bertz CT molecular complexity index is 507. The van der Waals surface area contributed by atoms with Crippen molar-refractivity contribution in [2.45, 2.75) is 45.2 Å². The van der Waals surface area contributed by atoms with Gasteiger partial charge in [0.2, 0.25) is 5.91 Å². The molecule has 1 amide bonds. The average molecular weight is 319 g/mol. The summed E-state index contributed by atoms with van der Waals surface area (Å²) in [7, 11) is 2.19. The predicted molar refractivity (Wildman–Crippen MR) is 89.9 cm³/mol. The zero-order valence-electron chi connectivity index (χ0n) is 14.3. The van der Waals surface area contributed by atoms with Gasteiger partial charge in [-0.05, 0) is 57.8 Å². The molecule has 0 aliphatic carbocycles. The third-order valence-corrected chi connectivity index (χ3v) is 5.45. The maximum Gasteiger partial charge on any atom is 0.237 e. The first-order valence-electron chi connectivity index (χ1n) is 8.80. The summed E-state index contributed by atoms with van der Waals surface area (Å²) in [6.07, 6.45) is 8.03. The van der Waals surface area contributed by atoms with Crippen molar-refractivity contribution in [1.82, 2.24) is 25.1 Å². The van der Waals surface area contributed by atoms with Crippen molar-refractivity contribution in [3.05, 3.63) is 18.2 Å². The van der Waals surface area contributed by atoms with Gasteiger partial charge in [-0.25, -0.2) is 4.98 Å². The fraction of sp³-hybridized carbons (Fsp3) is 0.765. The molecule has 6 heteroatoms. The van der Waals surface area contributed by atoms with Crippen LogP contribution in [-0.2, 0) is 11.3 Å². The van der Waals surface area contributed by atoms with E-state index < -0.39 is 0 Å². The summed E-state index contributed by atoms with van der Waals surface area (Å²) in [4.78, 5) is 24.7. The van der Waals surface area contributed by atoms with Crippen LogP contribution >= 0.6 is 0 Å². The molecule has 0 aromatic carbocycles. The number of piperidine rings is 1. The van der Waals surface area contributed by atoms with Crippen LogP contribution in [0.1, 0.15) is 38.4 Å². The molecule has 1 atom stereocenters.